The van der Waals surface area contributed by atoms with Crippen LogP contribution in [0.5, 0.6) is 0 Å². The number of anilines is 3. The maximum atomic E-state index is 6.33. The van der Waals surface area contributed by atoms with Crippen LogP contribution >= 0.6 is 39.1 Å². The molecule has 3 rings (SSSR count). The van der Waals surface area contributed by atoms with Crippen molar-refractivity contribution in [3.63, 3.8) is 0 Å². The minimum absolute atomic E-state index is 0.233. The van der Waals surface area contributed by atoms with Crippen LogP contribution in [0.1, 0.15) is 31.0 Å². The molecule has 0 bridgehead atoms. The summed E-state index contributed by atoms with van der Waals surface area (Å²) in [6, 6.07) is 12.1. The van der Waals surface area contributed by atoms with Crippen molar-refractivity contribution in [1.29, 1.82) is 0 Å². The van der Waals surface area contributed by atoms with Crippen molar-refractivity contribution in [3.8, 4) is 0 Å². The lowest BCUT2D eigenvalue weighted by atomic mass is 10.1. The number of benzene rings is 2. The molecule has 0 spiro atoms. The highest BCUT2D eigenvalue weighted by atomic mass is 79.9. The van der Waals surface area contributed by atoms with Crippen LogP contribution in [0.15, 0.2) is 47.3 Å². The molecule has 0 amide bonds. The number of aromatic nitrogens is 2. The summed E-state index contributed by atoms with van der Waals surface area (Å²) in [4.78, 5) is 6.67. The predicted molar refractivity (Wildman–Crippen MR) is 114 cm³/mol. The Kier molecular flexibility index (Phi) is 5.66. The lowest BCUT2D eigenvalue weighted by molar-refractivity contribution is 0.589. The molecule has 1 heterocycles. The zero-order valence-electron chi connectivity index (χ0n) is 15.1. The number of hydrogen-bond acceptors (Lipinski definition) is 2. The van der Waals surface area contributed by atoms with Crippen molar-refractivity contribution in [2.75, 3.05) is 4.90 Å². The Morgan fingerprint density at radius 3 is 2.27 bits per heavy atom. The Bertz CT molecular complexity index is 950. The van der Waals surface area contributed by atoms with Gasteiger partial charge in [0, 0.05) is 16.1 Å². The SMILES string of the molecule is Cc1cc(Cl)ccc1N(c1cc(Cl)ccc1C)c1cnc(Br)n1C(C)C. The molecule has 136 valence electrons. The normalized spacial score (nSPS) is 11.2. The van der Waals surface area contributed by atoms with Crippen LogP contribution in [-0.2, 0) is 0 Å². The first-order valence-corrected chi connectivity index (χ1v) is 9.89. The van der Waals surface area contributed by atoms with E-state index in [0.29, 0.717) is 10.0 Å². The van der Waals surface area contributed by atoms with E-state index in [1.807, 2.05) is 42.6 Å². The summed E-state index contributed by atoms with van der Waals surface area (Å²) in [7, 11) is 0. The van der Waals surface area contributed by atoms with Gasteiger partial charge in [-0.05, 0) is 85.1 Å². The molecule has 0 saturated carbocycles. The van der Waals surface area contributed by atoms with Gasteiger partial charge in [0.05, 0.1) is 17.6 Å². The Morgan fingerprint density at radius 2 is 1.62 bits per heavy atom. The lowest BCUT2D eigenvalue weighted by Crippen LogP contribution is -2.18. The monoisotopic (exact) mass is 451 g/mol. The van der Waals surface area contributed by atoms with Crippen LogP contribution in [0, 0.1) is 13.8 Å². The van der Waals surface area contributed by atoms with E-state index in [4.69, 9.17) is 23.2 Å². The smallest absolute Gasteiger partial charge is 0.178 e. The molecule has 0 aliphatic carbocycles. The first kappa shape index (κ1) is 19.3. The third-order valence-corrected chi connectivity index (χ3v) is 5.35. The molecule has 0 radical (unpaired) electrons. The van der Waals surface area contributed by atoms with Crippen LogP contribution in [-0.4, -0.2) is 9.55 Å². The number of imidazole rings is 1. The Morgan fingerprint density at radius 1 is 0.962 bits per heavy atom. The van der Waals surface area contributed by atoms with Crippen LogP contribution in [0.2, 0.25) is 10.0 Å². The molecule has 26 heavy (non-hydrogen) atoms. The summed E-state index contributed by atoms with van der Waals surface area (Å²) >= 11 is 16.1. The molecule has 0 aliphatic heterocycles. The highest BCUT2D eigenvalue weighted by Gasteiger charge is 2.23. The second-order valence-electron chi connectivity index (χ2n) is 6.55. The average Bonchev–Trinajstić information content (AvgIpc) is 2.94. The largest absolute Gasteiger partial charge is 0.302 e. The fraction of sp³-hybridized carbons (Fsp3) is 0.250. The zero-order chi connectivity index (χ0) is 19.0. The van der Waals surface area contributed by atoms with E-state index >= 15 is 0 Å². The molecule has 0 N–H and O–H groups in total. The Labute approximate surface area is 172 Å². The van der Waals surface area contributed by atoms with Crippen molar-refractivity contribution in [2.45, 2.75) is 33.7 Å². The van der Waals surface area contributed by atoms with Gasteiger partial charge in [-0.15, -0.1) is 0 Å². The average molecular weight is 453 g/mol. The molecule has 0 aliphatic rings. The number of hydrogen-bond donors (Lipinski definition) is 0. The van der Waals surface area contributed by atoms with Gasteiger partial charge in [-0.1, -0.05) is 29.3 Å². The summed E-state index contributed by atoms with van der Waals surface area (Å²) < 4.78 is 2.94. The van der Waals surface area contributed by atoms with E-state index in [-0.39, 0.29) is 6.04 Å². The van der Waals surface area contributed by atoms with E-state index < -0.39 is 0 Å². The van der Waals surface area contributed by atoms with Gasteiger partial charge in [0.15, 0.2) is 4.73 Å². The molecule has 1 aromatic heterocycles. The van der Waals surface area contributed by atoms with E-state index in [9.17, 15) is 0 Å². The Hall–Kier alpha value is -1.49. The number of nitrogens with zero attached hydrogens (tertiary/aromatic N) is 3. The van der Waals surface area contributed by atoms with Crippen molar-refractivity contribution in [2.24, 2.45) is 0 Å². The van der Waals surface area contributed by atoms with Crippen LogP contribution in [0.3, 0.4) is 0 Å². The third-order valence-electron chi connectivity index (χ3n) is 4.29. The van der Waals surface area contributed by atoms with Gasteiger partial charge in [0.25, 0.3) is 0 Å². The maximum absolute atomic E-state index is 6.33. The minimum atomic E-state index is 0.233. The molecule has 0 atom stereocenters. The molecule has 2 aromatic carbocycles. The van der Waals surface area contributed by atoms with Gasteiger partial charge in [0.1, 0.15) is 5.82 Å². The van der Waals surface area contributed by atoms with Crippen LogP contribution in [0.25, 0.3) is 0 Å². The summed E-state index contributed by atoms with van der Waals surface area (Å²) in [5.41, 5.74) is 4.24. The summed E-state index contributed by atoms with van der Waals surface area (Å²) in [5, 5.41) is 1.41. The van der Waals surface area contributed by atoms with Gasteiger partial charge in [0.2, 0.25) is 0 Å². The van der Waals surface area contributed by atoms with E-state index in [1.165, 1.54) is 0 Å². The van der Waals surface area contributed by atoms with Gasteiger partial charge in [-0.25, -0.2) is 4.98 Å². The van der Waals surface area contributed by atoms with E-state index in [1.54, 1.807) is 0 Å². The van der Waals surface area contributed by atoms with E-state index in [2.05, 4.69) is 58.1 Å². The molecular weight excluding hydrogens is 433 g/mol. The molecule has 6 heteroatoms. The molecule has 3 nitrogen and oxygen atoms in total. The number of aryl methyl sites for hydroxylation is 2. The molecule has 0 unspecified atom stereocenters. The number of rotatable bonds is 4. The Balaban J connectivity index is 2.32. The van der Waals surface area contributed by atoms with Gasteiger partial charge < -0.3 is 4.57 Å². The van der Waals surface area contributed by atoms with E-state index in [0.717, 1.165) is 33.1 Å². The van der Waals surface area contributed by atoms with Gasteiger partial charge in [-0.2, -0.15) is 0 Å². The quantitative estimate of drug-likeness (QED) is 0.405. The standard InChI is InChI=1S/C20H20BrCl2N3/c1-12(2)25-19(11-24-20(25)21)26(17-8-7-15(22)9-14(17)4)18-10-16(23)6-5-13(18)3/h5-12H,1-4H3. The predicted octanol–water partition coefficient (Wildman–Crippen LogP) is 7.62. The van der Waals surface area contributed by atoms with Crippen molar-refractivity contribution < 1.29 is 0 Å². The van der Waals surface area contributed by atoms with Crippen LogP contribution in [0.4, 0.5) is 17.2 Å². The first-order chi connectivity index (χ1) is 12.3. The number of halogens is 3. The van der Waals surface area contributed by atoms with Crippen molar-refractivity contribution >= 4 is 56.3 Å². The highest BCUT2D eigenvalue weighted by molar-refractivity contribution is 9.10. The molecule has 0 saturated heterocycles. The first-order valence-electron chi connectivity index (χ1n) is 8.34. The summed E-state index contributed by atoms with van der Waals surface area (Å²) in [6.45, 7) is 8.40. The van der Waals surface area contributed by atoms with Gasteiger partial charge in [-0.3, -0.25) is 4.90 Å². The second-order valence-corrected chi connectivity index (χ2v) is 8.13. The van der Waals surface area contributed by atoms with Crippen molar-refractivity contribution in [1.82, 2.24) is 9.55 Å². The maximum Gasteiger partial charge on any atom is 0.178 e. The summed E-state index contributed by atoms with van der Waals surface area (Å²) in [5.74, 6) is 0.961. The summed E-state index contributed by atoms with van der Waals surface area (Å²) in [6.07, 6.45) is 1.87. The topological polar surface area (TPSA) is 21.1 Å². The fourth-order valence-electron chi connectivity index (χ4n) is 3.04. The third kappa shape index (κ3) is 3.64. The lowest BCUT2D eigenvalue weighted by Gasteiger charge is -2.30. The van der Waals surface area contributed by atoms with Crippen LogP contribution < -0.4 is 4.90 Å². The highest BCUT2D eigenvalue weighted by Crippen LogP contribution is 2.41. The molecule has 0 fully saturated rings. The molecule has 3 aromatic rings. The second kappa shape index (κ2) is 7.63. The minimum Gasteiger partial charge on any atom is -0.302 e. The van der Waals surface area contributed by atoms with Gasteiger partial charge >= 0.3 is 0 Å². The van der Waals surface area contributed by atoms with Crippen molar-refractivity contribution in [3.05, 3.63) is 68.5 Å². The molecular formula is C20H20BrCl2N3. The zero-order valence-corrected chi connectivity index (χ0v) is 18.2. The fourth-order valence-corrected chi connectivity index (χ4v) is 4.13.